The fourth-order valence-electron chi connectivity index (χ4n) is 4.77. The molecule has 0 spiro atoms. The molecule has 4 atom stereocenters. The van der Waals surface area contributed by atoms with E-state index in [-0.39, 0.29) is 6.17 Å². The van der Waals surface area contributed by atoms with Crippen LogP contribution < -0.4 is 10.6 Å². The van der Waals surface area contributed by atoms with E-state index in [9.17, 15) is 0 Å². The number of hydrogen-bond acceptors (Lipinski definition) is 2. The third-order valence-corrected chi connectivity index (χ3v) is 6.50. The molecule has 27 heavy (non-hydrogen) atoms. The van der Waals surface area contributed by atoms with Crippen molar-refractivity contribution in [3.8, 4) is 11.1 Å². The lowest BCUT2D eigenvalue weighted by atomic mass is 9.92. The third kappa shape index (κ3) is 4.12. The second-order valence-corrected chi connectivity index (χ2v) is 8.85. The summed E-state index contributed by atoms with van der Waals surface area (Å²) in [6.45, 7) is 8.08. The van der Waals surface area contributed by atoms with E-state index in [1.165, 1.54) is 48.8 Å². The van der Waals surface area contributed by atoms with Crippen LogP contribution in [0.3, 0.4) is 0 Å². The van der Waals surface area contributed by atoms with Gasteiger partial charge in [0, 0.05) is 12.6 Å². The van der Waals surface area contributed by atoms with Crippen LogP contribution in [0.5, 0.6) is 0 Å². The molecular formula is C25H34N2. The van der Waals surface area contributed by atoms with Gasteiger partial charge in [-0.15, -0.1) is 0 Å². The van der Waals surface area contributed by atoms with Crippen molar-refractivity contribution in [3.63, 3.8) is 0 Å². The van der Waals surface area contributed by atoms with E-state index < -0.39 is 0 Å². The zero-order valence-corrected chi connectivity index (χ0v) is 17.1. The van der Waals surface area contributed by atoms with Crippen molar-refractivity contribution in [2.24, 2.45) is 11.8 Å². The molecule has 2 heteroatoms. The molecule has 1 aliphatic carbocycles. The number of nitrogens with one attached hydrogen (secondary N) is 2. The molecule has 2 aliphatic rings. The molecular weight excluding hydrogens is 328 g/mol. The van der Waals surface area contributed by atoms with Crippen molar-refractivity contribution in [3.05, 3.63) is 59.2 Å². The summed E-state index contributed by atoms with van der Waals surface area (Å²) in [5.74, 6) is 1.49. The first-order valence-corrected chi connectivity index (χ1v) is 10.9. The van der Waals surface area contributed by atoms with Gasteiger partial charge >= 0.3 is 0 Å². The Morgan fingerprint density at radius 2 is 1.67 bits per heavy atom. The maximum absolute atomic E-state index is 3.84. The van der Waals surface area contributed by atoms with Crippen LogP contribution in [0.25, 0.3) is 11.1 Å². The summed E-state index contributed by atoms with van der Waals surface area (Å²) >= 11 is 0. The Labute approximate surface area is 164 Å². The molecule has 0 aromatic heterocycles. The molecule has 1 saturated heterocycles. The number of hydrogen-bond donors (Lipinski definition) is 2. The minimum Gasteiger partial charge on any atom is -0.298 e. The average Bonchev–Trinajstić information content (AvgIpc) is 3.06. The van der Waals surface area contributed by atoms with E-state index in [0.29, 0.717) is 12.0 Å². The first-order valence-electron chi connectivity index (χ1n) is 10.9. The smallest absolute Gasteiger partial charge is 0.0837 e. The monoisotopic (exact) mass is 362 g/mol. The Morgan fingerprint density at radius 1 is 0.926 bits per heavy atom. The number of rotatable bonds is 5. The Morgan fingerprint density at radius 3 is 2.44 bits per heavy atom. The van der Waals surface area contributed by atoms with Gasteiger partial charge in [0.25, 0.3) is 0 Å². The topological polar surface area (TPSA) is 24.1 Å². The summed E-state index contributed by atoms with van der Waals surface area (Å²) < 4.78 is 0. The maximum Gasteiger partial charge on any atom is 0.0837 e. The van der Waals surface area contributed by atoms with E-state index >= 15 is 0 Å². The Balaban J connectivity index is 1.47. The summed E-state index contributed by atoms with van der Waals surface area (Å²) in [5.41, 5.74) is 7.13. The van der Waals surface area contributed by atoms with Gasteiger partial charge in [-0.05, 0) is 58.9 Å². The summed E-state index contributed by atoms with van der Waals surface area (Å²) in [5, 5.41) is 7.52. The average molecular weight is 363 g/mol. The van der Waals surface area contributed by atoms with Crippen LogP contribution in [0, 0.1) is 11.8 Å². The quantitative estimate of drug-likeness (QED) is 0.736. The minimum atomic E-state index is 0.276. The molecule has 0 amide bonds. The highest BCUT2D eigenvalue weighted by Crippen LogP contribution is 2.31. The van der Waals surface area contributed by atoms with E-state index in [4.69, 9.17) is 0 Å². The molecule has 0 radical (unpaired) electrons. The second kappa shape index (κ2) is 8.16. The first kappa shape index (κ1) is 18.7. The maximum atomic E-state index is 3.84. The summed E-state index contributed by atoms with van der Waals surface area (Å²) in [6, 6.07) is 16.8. The summed E-state index contributed by atoms with van der Waals surface area (Å²) in [7, 11) is 0. The van der Waals surface area contributed by atoms with Gasteiger partial charge in [0.15, 0.2) is 0 Å². The highest BCUT2D eigenvalue weighted by molar-refractivity contribution is 5.65. The first-order chi connectivity index (χ1) is 13.1. The number of fused-ring (bicyclic) bond motifs is 1. The zero-order chi connectivity index (χ0) is 18.8. The van der Waals surface area contributed by atoms with Gasteiger partial charge < -0.3 is 0 Å². The molecule has 2 aromatic carbocycles. The van der Waals surface area contributed by atoms with Gasteiger partial charge in [-0.25, -0.2) is 0 Å². The lowest BCUT2D eigenvalue weighted by molar-refractivity contribution is 0.222. The zero-order valence-electron chi connectivity index (χ0n) is 17.1. The van der Waals surface area contributed by atoms with Crippen LogP contribution in [0.4, 0.5) is 0 Å². The molecule has 2 nitrogen and oxygen atoms in total. The van der Waals surface area contributed by atoms with Crippen molar-refractivity contribution in [2.75, 3.05) is 6.54 Å². The molecule has 2 aromatic rings. The molecule has 1 fully saturated rings. The van der Waals surface area contributed by atoms with Gasteiger partial charge in [0.1, 0.15) is 0 Å². The number of benzene rings is 2. The molecule has 4 rings (SSSR count). The fourth-order valence-corrected chi connectivity index (χ4v) is 4.77. The van der Waals surface area contributed by atoms with Gasteiger partial charge in [0.2, 0.25) is 0 Å². The van der Waals surface area contributed by atoms with Crippen LogP contribution in [0.2, 0.25) is 0 Å². The van der Waals surface area contributed by atoms with Crippen molar-refractivity contribution in [2.45, 2.75) is 65.1 Å². The molecule has 3 unspecified atom stereocenters. The van der Waals surface area contributed by atoms with E-state index in [1.54, 1.807) is 11.1 Å². The van der Waals surface area contributed by atoms with Crippen molar-refractivity contribution in [1.29, 1.82) is 0 Å². The summed E-state index contributed by atoms with van der Waals surface area (Å²) in [6.07, 6.45) is 6.61. The SMILES string of the molecule is CCCCC1NC(c2ccc(-c3ccc4c(c3)C[C@H](C)C4)cc2)NCC1C. The van der Waals surface area contributed by atoms with Gasteiger partial charge in [-0.3, -0.25) is 10.6 Å². The molecule has 1 aliphatic heterocycles. The second-order valence-electron chi connectivity index (χ2n) is 8.85. The lowest BCUT2D eigenvalue weighted by Gasteiger charge is -2.37. The predicted octanol–water partition coefficient (Wildman–Crippen LogP) is 5.47. The Kier molecular flexibility index (Phi) is 5.66. The standard InChI is InChI=1S/C25H34N2/c1-4-5-6-24-18(3)16-26-25(27-24)20-9-7-19(8-10-20)22-12-11-21-13-17(2)14-23(21)15-22/h7-12,15,17-18,24-27H,4-6,13-14,16H2,1-3H3/t17-,18?,24?,25?/m1/s1. The minimum absolute atomic E-state index is 0.276. The molecule has 0 bridgehead atoms. The predicted molar refractivity (Wildman–Crippen MR) is 115 cm³/mol. The van der Waals surface area contributed by atoms with Gasteiger partial charge in [0.05, 0.1) is 6.17 Å². The molecule has 0 saturated carbocycles. The van der Waals surface area contributed by atoms with E-state index in [2.05, 4.69) is 73.9 Å². The Hall–Kier alpha value is -1.64. The van der Waals surface area contributed by atoms with Gasteiger partial charge in [-0.2, -0.15) is 0 Å². The number of unbranched alkanes of at least 4 members (excludes halogenated alkanes) is 1. The highest BCUT2D eigenvalue weighted by atomic mass is 15.2. The normalized spacial score (nSPS) is 27.5. The van der Waals surface area contributed by atoms with Crippen molar-refractivity contribution >= 4 is 0 Å². The third-order valence-electron chi connectivity index (χ3n) is 6.50. The molecule has 1 heterocycles. The van der Waals surface area contributed by atoms with Crippen LogP contribution >= 0.6 is 0 Å². The van der Waals surface area contributed by atoms with Gasteiger partial charge in [-0.1, -0.05) is 76.1 Å². The fraction of sp³-hybridized carbons (Fsp3) is 0.520. The largest absolute Gasteiger partial charge is 0.298 e. The molecule has 144 valence electrons. The van der Waals surface area contributed by atoms with E-state index in [1.807, 2.05) is 0 Å². The van der Waals surface area contributed by atoms with Crippen LogP contribution in [-0.2, 0) is 12.8 Å². The lowest BCUT2D eigenvalue weighted by Crippen LogP contribution is -2.52. The van der Waals surface area contributed by atoms with Crippen LogP contribution in [-0.4, -0.2) is 12.6 Å². The van der Waals surface area contributed by atoms with Crippen LogP contribution in [0.1, 0.15) is 62.9 Å². The highest BCUT2D eigenvalue weighted by Gasteiger charge is 2.26. The summed E-state index contributed by atoms with van der Waals surface area (Å²) in [4.78, 5) is 0. The van der Waals surface area contributed by atoms with E-state index in [0.717, 1.165) is 12.5 Å². The van der Waals surface area contributed by atoms with Crippen LogP contribution in [0.15, 0.2) is 42.5 Å². The molecule has 2 N–H and O–H groups in total. The Bertz CT molecular complexity index is 764. The van der Waals surface area contributed by atoms with Crippen molar-refractivity contribution in [1.82, 2.24) is 10.6 Å². The van der Waals surface area contributed by atoms with Crippen molar-refractivity contribution < 1.29 is 0 Å².